The van der Waals surface area contributed by atoms with Crippen LogP contribution in [0.2, 0.25) is 0 Å². The summed E-state index contributed by atoms with van der Waals surface area (Å²) in [4.78, 5) is 25.3. The van der Waals surface area contributed by atoms with Crippen molar-refractivity contribution in [1.29, 1.82) is 0 Å². The lowest BCUT2D eigenvalue weighted by molar-refractivity contribution is 0.0853. The number of rotatable bonds is 4. The number of aryl methyl sites for hydroxylation is 1. The molecule has 0 bridgehead atoms. The number of H-pyrrole nitrogens is 1. The van der Waals surface area contributed by atoms with Gasteiger partial charge in [0.25, 0.3) is 5.91 Å². The number of hydrazine groups is 1. The van der Waals surface area contributed by atoms with Crippen LogP contribution in [-0.4, -0.2) is 44.5 Å². The van der Waals surface area contributed by atoms with E-state index in [1.54, 1.807) is 19.1 Å². The number of benzene rings is 2. The van der Waals surface area contributed by atoms with Crippen molar-refractivity contribution in [2.24, 2.45) is 0 Å². The second-order valence-corrected chi connectivity index (χ2v) is 7.28. The number of fused-ring (bicyclic) bond motifs is 1. The van der Waals surface area contributed by atoms with Crippen molar-refractivity contribution in [3.63, 3.8) is 0 Å². The smallest absolute Gasteiger partial charge is 0.286 e. The van der Waals surface area contributed by atoms with Gasteiger partial charge in [0.15, 0.2) is 21.9 Å². The minimum Gasteiger partial charge on any atom is -0.327 e. The molecule has 0 aliphatic carbocycles. The van der Waals surface area contributed by atoms with E-state index >= 15 is 0 Å². The average Bonchev–Trinajstić information content (AvgIpc) is 3.03. The lowest BCUT2D eigenvalue weighted by Crippen LogP contribution is -2.36. The minimum absolute atomic E-state index is 0.236. The van der Waals surface area contributed by atoms with E-state index in [1.165, 1.54) is 0 Å². The normalized spacial score (nSPS) is 11.2. The van der Waals surface area contributed by atoms with Crippen LogP contribution in [0.4, 0.5) is 0 Å². The van der Waals surface area contributed by atoms with Crippen molar-refractivity contribution in [2.45, 2.75) is 6.92 Å². The van der Waals surface area contributed by atoms with Crippen LogP contribution in [0.3, 0.4) is 0 Å². The Morgan fingerprint density at radius 3 is 2.41 bits per heavy atom. The fraction of sp³-hybridized carbons (Fsp3) is 0.143. The highest BCUT2D eigenvalue weighted by molar-refractivity contribution is 7.71. The van der Waals surface area contributed by atoms with Gasteiger partial charge in [-0.1, -0.05) is 48.0 Å². The zero-order valence-corrected chi connectivity index (χ0v) is 17.1. The predicted octanol–water partition coefficient (Wildman–Crippen LogP) is 3.66. The summed E-state index contributed by atoms with van der Waals surface area (Å²) in [7, 11) is 3.49. The molecule has 0 saturated carbocycles. The molecule has 2 N–H and O–H groups in total. The molecule has 0 saturated heterocycles. The number of nitrogens with one attached hydrogen (secondary N) is 2. The zero-order valence-electron chi connectivity index (χ0n) is 16.3. The highest BCUT2D eigenvalue weighted by atomic mass is 32.1. The lowest BCUT2D eigenvalue weighted by Gasteiger charge is -2.13. The monoisotopic (exact) mass is 404 g/mol. The van der Waals surface area contributed by atoms with Gasteiger partial charge in [-0.15, -0.1) is 0 Å². The van der Waals surface area contributed by atoms with Crippen LogP contribution >= 0.6 is 12.2 Å². The van der Waals surface area contributed by atoms with E-state index in [1.807, 2.05) is 66.1 Å². The van der Waals surface area contributed by atoms with Crippen molar-refractivity contribution in [2.75, 3.05) is 14.1 Å². The number of nitrogens with zero attached hydrogens (tertiary/aromatic N) is 4. The van der Waals surface area contributed by atoms with Crippen LogP contribution in [0.25, 0.3) is 28.2 Å². The summed E-state index contributed by atoms with van der Waals surface area (Å²) in [6.07, 6.45) is 0. The fourth-order valence-corrected chi connectivity index (χ4v) is 3.35. The van der Waals surface area contributed by atoms with E-state index in [-0.39, 0.29) is 11.6 Å². The number of hydrogen-bond donors (Lipinski definition) is 2. The summed E-state index contributed by atoms with van der Waals surface area (Å²) in [6.45, 7) is 2.02. The number of hydrogen-bond acceptors (Lipinski definition) is 5. The van der Waals surface area contributed by atoms with Gasteiger partial charge in [-0.25, -0.2) is 15.0 Å². The quantitative estimate of drug-likeness (QED) is 0.401. The van der Waals surface area contributed by atoms with Crippen LogP contribution < -0.4 is 5.43 Å². The summed E-state index contributed by atoms with van der Waals surface area (Å²) < 4.78 is 2.26. The van der Waals surface area contributed by atoms with E-state index in [0.717, 1.165) is 16.8 Å². The highest BCUT2D eigenvalue weighted by Gasteiger charge is 2.21. The predicted molar refractivity (Wildman–Crippen MR) is 115 cm³/mol. The summed E-state index contributed by atoms with van der Waals surface area (Å²) >= 11 is 5.54. The largest absolute Gasteiger partial charge is 0.327 e. The molecule has 2 aromatic carbocycles. The Morgan fingerprint density at radius 1 is 1.07 bits per heavy atom. The standard InChI is InChI=1S/C21H20N6OS/c1-13-9-11-14(12-10-13)18-22-17(20(28)25-26(2)3)16-19(24-18)27(21(29)23-16)15-7-5-4-6-8-15/h4-12H,1-3H3,(H,23,29)(H,25,28). The molecule has 4 rings (SSSR count). The number of carbonyl (C=O) groups excluding carboxylic acids is 1. The van der Waals surface area contributed by atoms with E-state index in [2.05, 4.69) is 15.4 Å². The van der Waals surface area contributed by atoms with Crippen molar-refractivity contribution in [3.05, 3.63) is 70.6 Å². The fourth-order valence-electron chi connectivity index (χ4n) is 3.05. The van der Waals surface area contributed by atoms with Gasteiger partial charge in [0.1, 0.15) is 5.52 Å². The molecule has 0 unspecified atom stereocenters. The van der Waals surface area contributed by atoms with Gasteiger partial charge in [-0.05, 0) is 31.3 Å². The second-order valence-electron chi connectivity index (χ2n) is 6.90. The Balaban J connectivity index is 2.01. The maximum atomic E-state index is 12.9. The molecular formula is C21H20N6OS. The number of imidazole rings is 1. The van der Waals surface area contributed by atoms with Gasteiger partial charge >= 0.3 is 0 Å². The van der Waals surface area contributed by atoms with Crippen molar-refractivity contribution in [1.82, 2.24) is 30.0 Å². The first-order chi connectivity index (χ1) is 13.9. The topological polar surface area (TPSA) is 78.8 Å². The maximum Gasteiger partial charge on any atom is 0.286 e. The van der Waals surface area contributed by atoms with E-state index in [9.17, 15) is 4.79 Å². The van der Waals surface area contributed by atoms with Gasteiger partial charge in [0.2, 0.25) is 0 Å². The molecule has 2 aromatic heterocycles. The molecule has 2 heterocycles. The third-order valence-corrected chi connectivity index (χ3v) is 4.69. The van der Waals surface area contributed by atoms with Crippen LogP contribution in [0.1, 0.15) is 16.1 Å². The van der Waals surface area contributed by atoms with Crippen LogP contribution in [0.5, 0.6) is 0 Å². The second kappa shape index (κ2) is 7.57. The first kappa shape index (κ1) is 19.0. The van der Waals surface area contributed by atoms with Crippen molar-refractivity contribution in [3.8, 4) is 17.1 Å². The molecule has 0 fully saturated rings. The van der Waals surface area contributed by atoms with E-state index < -0.39 is 0 Å². The van der Waals surface area contributed by atoms with Crippen molar-refractivity contribution >= 4 is 29.3 Å². The molecule has 0 aliphatic rings. The summed E-state index contributed by atoms with van der Waals surface area (Å²) in [5.41, 5.74) is 6.84. The number of para-hydroxylation sites is 1. The van der Waals surface area contributed by atoms with Crippen LogP contribution in [0, 0.1) is 11.7 Å². The molecule has 0 radical (unpaired) electrons. The van der Waals surface area contributed by atoms with E-state index in [4.69, 9.17) is 17.2 Å². The number of aromatic nitrogens is 4. The highest BCUT2D eigenvalue weighted by Crippen LogP contribution is 2.24. The maximum absolute atomic E-state index is 12.9. The third kappa shape index (κ3) is 3.67. The van der Waals surface area contributed by atoms with E-state index in [0.29, 0.717) is 21.8 Å². The lowest BCUT2D eigenvalue weighted by atomic mass is 10.1. The Bertz CT molecular complexity index is 1240. The Labute approximate surface area is 173 Å². The van der Waals surface area contributed by atoms with Gasteiger partial charge < -0.3 is 4.98 Å². The first-order valence-corrected chi connectivity index (χ1v) is 9.48. The van der Waals surface area contributed by atoms with Gasteiger partial charge in [-0.2, -0.15) is 0 Å². The Kier molecular flexibility index (Phi) is 4.96. The Hall–Kier alpha value is -3.36. The summed E-state index contributed by atoms with van der Waals surface area (Å²) in [5, 5.41) is 1.57. The average molecular weight is 404 g/mol. The molecule has 0 aliphatic heterocycles. The van der Waals surface area contributed by atoms with Crippen LogP contribution in [0.15, 0.2) is 54.6 Å². The third-order valence-electron chi connectivity index (χ3n) is 4.40. The van der Waals surface area contributed by atoms with Crippen molar-refractivity contribution < 1.29 is 4.79 Å². The van der Waals surface area contributed by atoms with Crippen LogP contribution in [-0.2, 0) is 0 Å². The molecule has 8 heteroatoms. The molecule has 0 spiro atoms. The number of carbonyl (C=O) groups is 1. The molecule has 29 heavy (non-hydrogen) atoms. The number of amides is 1. The molecule has 0 atom stereocenters. The zero-order chi connectivity index (χ0) is 20.5. The Morgan fingerprint density at radius 2 is 1.76 bits per heavy atom. The summed E-state index contributed by atoms with van der Waals surface area (Å²) in [5.74, 6) is 0.118. The number of aromatic amines is 1. The van der Waals surface area contributed by atoms with Gasteiger partial charge in [0, 0.05) is 25.3 Å². The molecule has 1 amide bonds. The SMILES string of the molecule is Cc1ccc(-c2nc(C(=O)NN(C)C)c3[nH]c(=S)n(-c4ccccc4)c3n2)cc1. The van der Waals surface area contributed by atoms with Gasteiger partial charge in [-0.3, -0.25) is 14.8 Å². The minimum atomic E-state index is -0.341. The summed E-state index contributed by atoms with van der Waals surface area (Å²) in [6, 6.07) is 17.5. The molecular weight excluding hydrogens is 384 g/mol. The molecule has 146 valence electrons. The first-order valence-electron chi connectivity index (χ1n) is 9.07. The van der Waals surface area contributed by atoms with Gasteiger partial charge in [0.05, 0.1) is 0 Å². The molecule has 4 aromatic rings. The molecule has 7 nitrogen and oxygen atoms in total.